The van der Waals surface area contributed by atoms with Crippen LogP contribution in [0.4, 0.5) is 0 Å². The summed E-state index contributed by atoms with van der Waals surface area (Å²) in [5.41, 5.74) is 1.39. The van der Waals surface area contributed by atoms with Crippen molar-refractivity contribution in [1.82, 2.24) is 0 Å². The van der Waals surface area contributed by atoms with E-state index in [1.807, 2.05) is 31.2 Å². The predicted octanol–water partition coefficient (Wildman–Crippen LogP) is 6.08. The highest BCUT2D eigenvalue weighted by Gasteiger charge is 2.17. The van der Waals surface area contributed by atoms with Crippen LogP contribution in [0.5, 0.6) is 23.0 Å². The molecule has 3 rings (SSSR count). The number of rotatable bonds is 15. The van der Waals surface area contributed by atoms with Crippen LogP contribution in [-0.4, -0.2) is 49.6 Å². The molecule has 0 aromatic heterocycles. The molecule has 0 saturated heterocycles. The van der Waals surface area contributed by atoms with Crippen LogP contribution in [0.1, 0.15) is 72.7 Å². The lowest BCUT2D eigenvalue weighted by Crippen LogP contribution is -2.09. The van der Waals surface area contributed by atoms with Gasteiger partial charge in [0.05, 0.1) is 38.1 Å². The molecule has 0 saturated carbocycles. The summed E-state index contributed by atoms with van der Waals surface area (Å²) >= 11 is 0. The van der Waals surface area contributed by atoms with E-state index in [9.17, 15) is 19.5 Å². The summed E-state index contributed by atoms with van der Waals surface area (Å²) in [5, 5.41) is 12.1. The number of esters is 1. The summed E-state index contributed by atoms with van der Waals surface area (Å²) < 4.78 is 22.3. The van der Waals surface area contributed by atoms with E-state index in [2.05, 4.69) is 4.74 Å². The first-order chi connectivity index (χ1) is 18.8. The molecule has 0 aliphatic carbocycles. The van der Waals surface area contributed by atoms with Gasteiger partial charge in [-0.25, -0.2) is 0 Å². The molecule has 3 aromatic carbocycles. The fourth-order valence-electron chi connectivity index (χ4n) is 4.31. The minimum Gasteiger partial charge on any atom is -0.507 e. The second kappa shape index (κ2) is 14.2. The molecule has 1 N–H and O–H groups in total. The number of methoxy groups -OCH3 is 1. The van der Waals surface area contributed by atoms with Crippen LogP contribution in [0.15, 0.2) is 42.5 Å². The summed E-state index contributed by atoms with van der Waals surface area (Å²) in [5.74, 6) is 1.00. The van der Waals surface area contributed by atoms with Crippen LogP contribution in [0.3, 0.4) is 0 Å². The molecule has 0 aliphatic rings. The Bertz CT molecular complexity index is 1330. The molecule has 208 valence electrons. The lowest BCUT2D eigenvalue weighted by Gasteiger charge is -2.16. The molecule has 0 bridgehead atoms. The van der Waals surface area contributed by atoms with Gasteiger partial charge < -0.3 is 24.1 Å². The number of ether oxygens (including phenoxy) is 4. The van der Waals surface area contributed by atoms with Crippen molar-refractivity contribution in [3.63, 3.8) is 0 Å². The van der Waals surface area contributed by atoms with Gasteiger partial charge in [-0.3, -0.25) is 14.4 Å². The number of hydrogen-bond acceptors (Lipinski definition) is 8. The van der Waals surface area contributed by atoms with Gasteiger partial charge in [0.25, 0.3) is 0 Å². The Morgan fingerprint density at radius 3 is 2.15 bits per heavy atom. The lowest BCUT2D eigenvalue weighted by molar-refractivity contribution is -0.140. The molecule has 3 aromatic rings. The summed E-state index contributed by atoms with van der Waals surface area (Å²) in [6.45, 7) is 5.92. The van der Waals surface area contributed by atoms with Gasteiger partial charge in [-0.1, -0.05) is 25.5 Å². The number of phenolic OH excluding ortho intramolecular Hbond substituents is 1. The number of benzene rings is 3. The molecule has 8 heteroatoms. The van der Waals surface area contributed by atoms with E-state index < -0.39 is 0 Å². The molecule has 0 spiro atoms. The summed E-state index contributed by atoms with van der Waals surface area (Å²) in [6, 6.07) is 12.5. The highest BCUT2D eigenvalue weighted by Crippen LogP contribution is 2.34. The number of ketones is 2. The van der Waals surface area contributed by atoms with Gasteiger partial charge in [0.15, 0.2) is 11.6 Å². The molecule has 8 nitrogen and oxygen atoms in total. The maximum Gasteiger partial charge on any atom is 0.305 e. The van der Waals surface area contributed by atoms with Gasteiger partial charge in [-0.2, -0.15) is 0 Å². The van der Waals surface area contributed by atoms with Crippen molar-refractivity contribution < 1.29 is 38.4 Å². The van der Waals surface area contributed by atoms with E-state index in [-0.39, 0.29) is 35.3 Å². The Morgan fingerprint density at radius 2 is 1.49 bits per heavy atom. The SMILES string of the molecule is CCCc1c(OCCCOc2ccc3ccc(OCCCC(=O)OC)cc3c2C(C)=O)ccc(C(C)=O)c1O. The fourth-order valence-corrected chi connectivity index (χ4v) is 4.31. The summed E-state index contributed by atoms with van der Waals surface area (Å²) in [6.07, 6.45) is 2.73. The Labute approximate surface area is 228 Å². The van der Waals surface area contributed by atoms with Gasteiger partial charge in [-0.15, -0.1) is 0 Å². The Balaban J connectivity index is 1.65. The number of Topliss-reactive ketones (excluding diaryl/α,β-unsaturated/α-hetero) is 2. The zero-order valence-corrected chi connectivity index (χ0v) is 23.0. The van der Waals surface area contributed by atoms with Gasteiger partial charge in [-0.05, 0) is 67.8 Å². The number of phenols is 1. The number of carbonyl (C=O) groups excluding carboxylic acids is 3. The third-order valence-corrected chi connectivity index (χ3v) is 6.25. The zero-order chi connectivity index (χ0) is 28.4. The minimum absolute atomic E-state index is 0.0211. The quantitative estimate of drug-likeness (QED) is 0.141. The predicted molar refractivity (Wildman–Crippen MR) is 148 cm³/mol. The highest BCUT2D eigenvalue weighted by atomic mass is 16.5. The van der Waals surface area contributed by atoms with Gasteiger partial charge >= 0.3 is 5.97 Å². The second-order valence-electron chi connectivity index (χ2n) is 9.20. The fraction of sp³-hybridized carbons (Fsp3) is 0.387. The molecule has 0 radical (unpaired) electrons. The van der Waals surface area contributed by atoms with E-state index in [0.29, 0.717) is 67.5 Å². The Hall–Kier alpha value is -4.07. The molecule has 0 atom stereocenters. The van der Waals surface area contributed by atoms with E-state index in [1.54, 1.807) is 18.2 Å². The first-order valence-corrected chi connectivity index (χ1v) is 13.2. The van der Waals surface area contributed by atoms with Gasteiger partial charge in [0.1, 0.15) is 23.0 Å². The van der Waals surface area contributed by atoms with Crippen molar-refractivity contribution in [2.24, 2.45) is 0 Å². The first kappa shape index (κ1) is 29.5. The van der Waals surface area contributed by atoms with E-state index in [1.165, 1.54) is 21.0 Å². The van der Waals surface area contributed by atoms with E-state index >= 15 is 0 Å². The van der Waals surface area contributed by atoms with Crippen LogP contribution in [0, 0.1) is 0 Å². The van der Waals surface area contributed by atoms with Crippen molar-refractivity contribution >= 4 is 28.3 Å². The van der Waals surface area contributed by atoms with Crippen LogP contribution in [0.25, 0.3) is 10.8 Å². The molecule has 39 heavy (non-hydrogen) atoms. The zero-order valence-electron chi connectivity index (χ0n) is 23.0. The second-order valence-corrected chi connectivity index (χ2v) is 9.20. The minimum atomic E-state index is -0.284. The largest absolute Gasteiger partial charge is 0.507 e. The highest BCUT2D eigenvalue weighted by molar-refractivity contribution is 6.09. The van der Waals surface area contributed by atoms with Crippen LogP contribution >= 0.6 is 0 Å². The van der Waals surface area contributed by atoms with Crippen molar-refractivity contribution in [2.45, 2.75) is 52.9 Å². The standard InChI is InChI=1S/C31H36O8/c1-5-8-25-27(15-13-24(20(2)32)31(25)35)38-17-7-18-39-28-14-11-22-10-12-23(19-26(22)30(28)21(3)33)37-16-6-9-29(34)36-4/h10-15,19,35H,5-9,16-18H2,1-4H3. The number of aromatic hydroxyl groups is 1. The Morgan fingerprint density at radius 1 is 0.821 bits per heavy atom. The van der Waals surface area contributed by atoms with Crippen LogP contribution < -0.4 is 14.2 Å². The summed E-state index contributed by atoms with van der Waals surface area (Å²) in [7, 11) is 1.35. The number of hydrogen-bond donors (Lipinski definition) is 1. The van der Waals surface area contributed by atoms with Crippen LogP contribution in [-0.2, 0) is 16.0 Å². The maximum atomic E-state index is 12.6. The maximum absolute atomic E-state index is 12.6. The molecule has 0 unspecified atom stereocenters. The smallest absolute Gasteiger partial charge is 0.305 e. The monoisotopic (exact) mass is 536 g/mol. The first-order valence-electron chi connectivity index (χ1n) is 13.2. The van der Waals surface area contributed by atoms with Gasteiger partial charge in [0, 0.05) is 18.4 Å². The third kappa shape index (κ3) is 7.72. The molecule has 0 amide bonds. The van der Waals surface area contributed by atoms with Crippen molar-refractivity contribution in [3.05, 3.63) is 59.2 Å². The normalized spacial score (nSPS) is 10.8. The third-order valence-electron chi connectivity index (χ3n) is 6.25. The topological polar surface area (TPSA) is 108 Å². The lowest BCUT2D eigenvalue weighted by atomic mass is 10.0. The molecular weight excluding hydrogens is 500 g/mol. The Kier molecular flexibility index (Phi) is 10.7. The average molecular weight is 537 g/mol. The van der Waals surface area contributed by atoms with Crippen LogP contribution in [0.2, 0.25) is 0 Å². The molecule has 0 fully saturated rings. The molecule has 0 heterocycles. The van der Waals surface area contributed by atoms with Crippen molar-refractivity contribution in [1.29, 1.82) is 0 Å². The molecular formula is C31H36O8. The van der Waals surface area contributed by atoms with Gasteiger partial charge in [0.2, 0.25) is 0 Å². The molecule has 0 aliphatic heterocycles. The van der Waals surface area contributed by atoms with E-state index in [4.69, 9.17) is 14.2 Å². The van der Waals surface area contributed by atoms with Crippen molar-refractivity contribution in [3.8, 4) is 23.0 Å². The van der Waals surface area contributed by atoms with E-state index in [0.717, 1.165) is 17.2 Å². The number of fused-ring (bicyclic) bond motifs is 1. The summed E-state index contributed by atoms with van der Waals surface area (Å²) in [4.78, 5) is 35.7. The number of carbonyl (C=O) groups is 3. The average Bonchev–Trinajstić information content (AvgIpc) is 2.91. The van der Waals surface area contributed by atoms with Crippen molar-refractivity contribution in [2.75, 3.05) is 26.9 Å².